The minimum atomic E-state index is -0.516. The fourth-order valence-corrected chi connectivity index (χ4v) is 2.92. The number of amides is 1. The number of nitro groups is 1. The molecule has 1 aliphatic rings. The number of aromatic nitrogens is 1. The maximum Gasteiger partial charge on any atom is 0.324 e. The van der Waals surface area contributed by atoms with Crippen LogP contribution < -0.4 is 5.32 Å². The van der Waals surface area contributed by atoms with Crippen LogP contribution in [0.2, 0.25) is 0 Å². The fraction of sp³-hybridized carbons (Fsp3) is 0.333. The molecule has 0 spiro atoms. The second-order valence-corrected chi connectivity index (χ2v) is 5.56. The summed E-state index contributed by atoms with van der Waals surface area (Å²) < 4.78 is 5.15. The van der Waals surface area contributed by atoms with Gasteiger partial charge in [0.25, 0.3) is 5.91 Å². The third kappa shape index (κ3) is 2.29. The van der Waals surface area contributed by atoms with E-state index in [2.05, 4.69) is 10.5 Å². The Hall–Kier alpha value is -2.22. The number of aryl methyl sites for hydroxylation is 1. The van der Waals surface area contributed by atoms with Gasteiger partial charge in [-0.2, -0.15) is 0 Å². The predicted octanol–water partition coefficient (Wildman–Crippen LogP) is 2.78. The van der Waals surface area contributed by atoms with Crippen molar-refractivity contribution >= 4 is 28.1 Å². The first-order chi connectivity index (χ1) is 9.65. The van der Waals surface area contributed by atoms with Crippen molar-refractivity contribution in [1.82, 2.24) is 5.16 Å². The van der Waals surface area contributed by atoms with Crippen LogP contribution in [0.15, 0.2) is 16.7 Å². The summed E-state index contributed by atoms with van der Waals surface area (Å²) in [7, 11) is 0. The van der Waals surface area contributed by atoms with Crippen LogP contribution >= 0.6 is 11.3 Å². The highest BCUT2D eigenvalue weighted by Crippen LogP contribution is 2.29. The van der Waals surface area contributed by atoms with E-state index in [-0.39, 0.29) is 9.88 Å². The molecular formula is C12H11N3O4S. The Balaban J connectivity index is 1.78. The molecule has 3 rings (SSSR count). The van der Waals surface area contributed by atoms with E-state index in [1.165, 1.54) is 12.1 Å². The number of hydrogen-bond donors (Lipinski definition) is 1. The van der Waals surface area contributed by atoms with E-state index in [1.54, 1.807) is 0 Å². The number of anilines is 1. The smallest absolute Gasteiger partial charge is 0.324 e. The van der Waals surface area contributed by atoms with Crippen LogP contribution in [0.5, 0.6) is 0 Å². The number of nitrogens with one attached hydrogen (secondary N) is 1. The number of fused-ring (bicyclic) bond motifs is 1. The normalized spacial score (nSPS) is 13.8. The van der Waals surface area contributed by atoms with E-state index in [1.807, 2.05) is 0 Å². The van der Waals surface area contributed by atoms with Crippen molar-refractivity contribution in [2.24, 2.45) is 0 Å². The van der Waals surface area contributed by atoms with Gasteiger partial charge in [0.2, 0.25) is 5.88 Å². The molecule has 1 N–H and O–H groups in total. The first-order valence-electron chi connectivity index (χ1n) is 6.18. The number of carbonyl (C=O) groups is 1. The third-order valence-corrected chi connectivity index (χ3v) is 4.22. The average Bonchev–Trinajstić information content (AvgIpc) is 3.06. The van der Waals surface area contributed by atoms with Crippen molar-refractivity contribution in [2.75, 3.05) is 5.32 Å². The maximum absolute atomic E-state index is 12.0. The van der Waals surface area contributed by atoms with Crippen LogP contribution in [0.4, 0.5) is 10.9 Å². The zero-order chi connectivity index (χ0) is 14.1. The van der Waals surface area contributed by atoms with Crippen LogP contribution in [-0.2, 0) is 12.8 Å². The lowest BCUT2D eigenvalue weighted by atomic mass is 9.98. The summed E-state index contributed by atoms with van der Waals surface area (Å²) in [5, 5.41) is 17.1. The van der Waals surface area contributed by atoms with Gasteiger partial charge in [0.05, 0.1) is 15.5 Å². The van der Waals surface area contributed by atoms with Gasteiger partial charge in [-0.25, -0.2) is 0 Å². The quantitative estimate of drug-likeness (QED) is 0.693. The van der Waals surface area contributed by atoms with Crippen molar-refractivity contribution < 1.29 is 14.2 Å². The second kappa shape index (κ2) is 5.04. The Morgan fingerprint density at radius 1 is 1.40 bits per heavy atom. The van der Waals surface area contributed by atoms with E-state index in [4.69, 9.17) is 4.52 Å². The van der Waals surface area contributed by atoms with Crippen LogP contribution in [0.1, 0.15) is 33.8 Å². The summed E-state index contributed by atoms with van der Waals surface area (Å²) >= 11 is 0.835. The molecule has 8 heteroatoms. The van der Waals surface area contributed by atoms with Crippen molar-refractivity contribution in [3.05, 3.63) is 38.4 Å². The fourth-order valence-electron chi connectivity index (χ4n) is 2.20. The van der Waals surface area contributed by atoms with Crippen molar-refractivity contribution in [2.45, 2.75) is 25.7 Å². The SMILES string of the molecule is O=C(Nc1onc2c1CCCC2)c1ccc([N+](=O)[O-])s1. The highest BCUT2D eigenvalue weighted by molar-refractivity contribution is 7.17. The highest BCUT2D eigenvalue weighted by atomic mass is 32.1. The molecule has 0 unspecified atom stereocenters. The van der Waals surface area contributed by atoms with Crippen LogP contribution in [0.25, 0.3) is 0 Å². The molecule has 0 saturated carbocycles. The van der Waals surface area contributed by atoms with E-state index in [9.17, 15) is 14.9 Å². The van der Waals surface area contributed by atoms with Gasteiger partial charge in [-0.1, -0.05) is 16.5 Å². The van der Waals surface area contributed by atoms with Gasteiger partial charge in [-0.15, -0.1) is 0 Å². The van der Waals surface area contributed by atoms with E-state index >= 15 is 0 Å². The summed E-state index contributed by atoms with van der Waals surface area (Å²) in [6.45, 7) is 0. The molecule has 7 nitrogen and oxygen atoms in total. The molecule has 2 aromatic heterocycles. The number of carbonyl (C=O) groups excluding carboxylic acids is 1. The molecule has 1 aliphatic carbocycles. The minimum Gasteiger partial charge on any atom is -0.338 e. The van der Waals surface area contributed by atoms with Crippen molar-refractivity contribution in [1.29, 1.82) is 0 Å². The molecular weight excluding hydrogens is 282 g/mol. The Morgan fingerprint density at radius 2 is 2.20 bits per heavy atom. The van der Waals surface area contributed by atoms with Gasteiger partial charge in [0.15, 0.2) is 0 Å². The number of nitrogens with zero attached hydrogens (tertiary/aromatic N) is 2. The van der Waals surface area contributed by atoms with Gasteiger partial charge in [0.1, 0.15) is 0 Å². The number of thiophene rings is 1. The Morgan fingerprint density at radius 3 is 2.95 bits per heavy atom. The van der Waals surface area contributed by atoms with Crippen LogP contribution in [-0.4, -0.2) is 16.0 Å². The summed E-state index contributed by atoms with van der Waals surface area (Å²) in [5.41, 5.74) is 1.83. The van der Waals surface area contributed by atoms with E-state index < -0.39 is 10.8 Å². The Labute approximate surface area is 117 Å². The zero-order valence-corrected chi connectivity index (χ0v) is 11.2. The molecule has 0 fully saturated rings. The van der Waals surface area contributed by atoms with Gasteiger partial charge in [-0.3, -0.25) is 20.2 Å². The standard InChI is InChI=1S/C12H11N3O4S/c16-11(9-5-6-10(20-9)15(17)18)13-12-7-3-1-2-4-8(7)14-19-12/h5-6H,1-4H2,(H,13,16). The first-order valence-corrected chi connectivity index (χ1v) is 7.00. The molecule has 0 aliphatic heterocycles. The van der Waals surface area contributed by atoms with Crippen molar-refractivity contribution in [3.8, 4) is 0 Å². The molecule has 0 bridgehead atoms. The largest absolute Gasteiger partial charge is 0.338 e. The summed E-state index contributed by atoms with van der Waals surface area (Å²) in [6.07, 6.45) is 3.81. The molecule has 0 atom stereocenters. The first kappa shape index (κ1) is 12.8. The molecule has 2 aromatic rings. The van der Waals surface area contributed by atoms with Crippen molar-refractivity contribution in [3.63, 3.8) is 0 Å². The minimum absolute atomic E-state index is 0.0604. The Bertz CT molecular complexity index is 676. The highest BCUT2D eigenvalue weighted by Gasteiger charge is 2.22. The molecule has 20 heavy (non-hydrogen) atoms. The van der Waals surface area contributed by atoms with Crippen LogP contribution in [0, 0.1) is 10.1 Å². The number of rotatable bonds is 3. The molecule has 104 valence electrons. The summed E-state index contributed by atoms with van der Waals surface area (Å²) in [6, 6.07) is 2.75. The third-order valence-electron chi connectivity index (χ3n) is 3.18. The molecule has 0 saturated heterocycles. The van der Waals surface area contributed by atoms with Gasteiger partial charge < -0.3 is 4.52 Å². The van der Waals surface area contributed by atoms with Gasteiger partial charge in [-0.05, 0) is 31.7 Å². The lowest BCUT2D eigenvalue weighted by Gasteiger charge is -2.09. The van der Waals surface area contributed by atoms with Crippen LogP contribution in [0.3, 0.4) is 0 Å². The topological polar surface area (TPSA) is 98.3 Å². The lowest BCUT2D eigenvalue weighted by Crippen LogP contribution is -2.12. The molecule has 1 amide bonds. The predicted molar refractivity (Wildman–Crippen MR) is 72.1 cm³/mol. The summed E-state index contributed by atoms with van der Waals surface area (Å²) in [4.78, 5) is 22.4. The lowest BCUT2D eigenvalue weighted by molar-refractivity contribution is -0.380. The monoisotopic (exact) mass is 293 g/mol. The zero-order valence-electron chi connectivity index (χ0n) is 10.4. The van der Waals surface area contributed by atoms with Gasteiger partial charge >= 0.3 is 5.00 Å². The molecule has 2 heterocycles. The molecule has 0 aromatic carbocycles. The molecule has 0 radical (unpaired) electrons. The maximum atomic E-state index is 12.0. The van der Waals surface area contributed by atoms with E-state index in [0.717, 1.165) is 48.3 Å². The van der Waals surface area contributed by atoms with E-state index in [0.29, 0.717) is 5.88 Å². The number of hydrogen-bond acceptors (Lipinski definition) is 6. The summed E-state index contributed by atoms with van der Waals surface area (Å²) in [5.74, 6) is -0.0478. The average molecular weight is 293 g/mol. The Kier molecular flexibility index (Phi) is 3.23. The van der Waals surface area contributed by atoms with Gasteiger partial charge in [0, 0.05) is 11.6 Å². The second-order valence-electron chi connectivity index (χ2n) is 4.49.